The molecular weight excluding hydrogens is 901 g/mol. The summed E-state index contributed by atoms with van der Waals surface area (Å²) >= 11 is 0. The van der Waals surface area contributed by atoms with Crippen LogP contribution in [-0.4, -0.2) is 142 Å². The van der Waals surface area contributed by atoms with Gasteiger partial charge in [-0.15, -0.1) is 0 Å². The summed E-state index contributed by atoms with van der Waals surface area (Å²) in [5.74, 6) is -1.00. The average Bonchev–Trinajstić information content (AvgIpc) is 3.35. The first-order chi connectivity index (χ1) is 34.0. The number of unbranched alkanes of at least 4 members (excludes halogenated alkanes) is 8. The van der Waals surface area contributed by atoms with Gasteiger partial charge in [0.25, 0.3) is 0 Å². The molecule has 2 heterocycles. The maximum atomic E-state index is 13.0. The van der Waals surface area contributed by atoms with Crippen molar-refractivity contribution in [3.63, 3.8) is 0 Å². The molecule has 2 fully saturated rings. The number of ether oxygens (including phenoxy) is 6. The smallest absolute Gasteiger partial charge is 0.306 e. The summed E-state index contributed by atoms with van der Waals surface area (Å²) < 4.78 is 33.5. The van der Waals surface area contributed by atoms with Gasteiger partial charge in [0, 0.05) is 12.8 Å². The zero-order valence-corrected chi connectivity index (χ0v) is 42.0. The van der Waals surface area contributed by atoms with E-state index >= 15 is 0 Å². The van der Waals surface area contributed by atoms with E-state index in [1.54, 1.807) is 0 Å². The average molecular weight is 989 g/mol. The fourth-order valence-electron chi connectivity index (χ4n) is 7.37. The van der Waals surface area contributed by atoms with Crippen LogP contribution in [0.15, 0.2) is 97.2 Å². The number of aliphatic hydroxyl groups is 7. The first-order valence-electron chi connectivity index (χ1n) is 25.8. The number of rotatable bonds is 38. The van der Waals surface area contributed by atoms with Gasteiger partial charge in [0.2, 0.25) is 0 Å². The molecule has 2 aliphatic heterocycles. The second-order valence-electron chi connectivity index (χ2n) is 17.6. The summed E-state index contributed by atoms with van der Waals surface area (Å²) in [5, 5.41) is 72.1. The largest absolute Gasteiger partial charge is 0.462 e. The number of carbonyl (C=O) groups excluding carboxylic acids is 2. The standard InChI is InChI=1S/C55H88O15/c1-3-5-7-9-11-13-15-17-19-20-21-22-24-26-28-30-32-34-36-38-47(58)68-43(40-65-46(57)37-35-33-31-29-27-25-23-18-16-14-12-10-8-6-4-2)41-66-54-53(64)51(62)49(60)45(70-54)42-67-55-52(63)50(61)48(59)44(39-56)69-55/h5-8,11-14,17-19,21-23,27,29,43-45,48-56,59-64H,3-4,9-10,15-16,20,24-26,28,30-42H2,1-2H3/b7-5-,8-6-,13-11-,14-12-,19-17-,22-21-,23-18-,29-27-. The molecule has 11 atom stereocenters. The fourth-order valence-corrected chi connectivity index (χ4v) is 7.37. The summed E-state index contributed by atoms with van der Waals surface area (Å²) in [6, 6.07) is 0. The molecule has 0 spiro atoms. The first kappa shape index (κ1) is 62.5. The number of allylic oxidation sites excluding steroid dienone is 16. The van der Waals surface area contributed by atoms with E-state index in [0.29, 0.717) is 12.8 Å². The first-order valence-corrected chi connectivity index (χ1v) is 25.8. The molecule has 2 rings (SSSR count). The van der Waals surface area contributed by atoms with Gasteiger partial charge < -0.3 is 64.2 Å². The minimum Gasteiger partial charge on any atom is -0.462 e. The van der Waals surface area contributed by atoms with Crippen molar-refractivity contribution in [3.05, 3.63) is 97.2 Å². The van der Waals surface area contributed by atoms with Gasteiger partial charge in [-0.05, 0) is 89.9 Å². The maximum absolute atomic E-state index is 13.0. The molecule has 398 valence electrons. The van der Waals surface area contributed by atoms with E-state index in [9.17, 15) is 45.3 Å². The normalized spacial score (nSPS) is 26.2. The molecule has 0 aromatic rings. The zero-order chi connectivity index (χ0) is 51.0. The van der Waals surface area contributed by atoms with Crippen molar-refractivity contribution in [2.24, 2.45) is 0 Å². The lowest BCUT2D eigenvalue weighted by atomic mass is 9.98. The van der Waals surface area contributed by atoms with Gasteiger partial charge in [-0.25, -0.2) is 0 Å². The molecule has 0 bridgehead atoms. The Bertz CT molecular complexity index is 1580. The highest BCUT2D eigenvalue weighted by Gasteiger charge is 2.47. The van der Waals surface area contributed by atoms with Gasteiger partial charge in [-0.1, -0.05) is 137 Å². The second kappa shape index (κ2) is 41.0. The predicted molar refractivity (Wildman–Crippen MR) is 270 cm³/mol. The van der Waals surface area contributed by atoms with E-state index in [-0.39, 0.29) is 19.4 Å². The molecule has 0 saturated carbocycles. The third kappa shape index (κ3) is 28.5. The van der Waals surface area contributed by atoms with Crippen molar-refractivity contribution < 1.29 is 73.8 Å². The highest BCUT2D eigenvalue weighted by atomic mass is 16.7. The topological polar surface area (TPSA) is 231 Å². The van der Waals surface area contributed by atoms with Crippen molar-refractivity contribution in [1.29, 1.82) is 0 Å². The molecule has 11 unspecified atom stereocenters. The minimum atomic E-state index is -1.78. The van der Waals surface area contributed by atoms with E-state index in [1.807, 2.05) is 0 Å². The summed E-state index contributed by atoms with van der Waals surface area (Å²) in [7, 11) is 0. The van der Waals surface area contributed by atoms with Crippen LogP contribution in [0.1, 0.15) is 142 Å². The zero-order valence-electron chi connectivity index (χ0n) is 42.0. The highest BCUT2D eigenvalue weighted by molar-refractivity contribution is 5.70. The molecule has 2 aliphatic rings. The van der Waals surface area contributed by atoms with E-state index in [0.717, 1.165) is 103 Å². The number of esters is 2. The van der Waals surface area contributed by atoms with E-state index in [4.69, 9.17) is 28.4 Å². The van der Waals surface area contributed by atoms with Crippen molar-refractivity contribution >= 4 is 11.9 Å². The van der Waals surface area contributed by atoms with Crippen LogP contribution in [0.4, 0.5) is 0 Å². The Balaban J connectivity index is 1.83. The van der Waals surface area contributed by atoms with Crippen molar-refractivity contribution in [2.75, 3.05) is 26.4 Å². The fraction of sp³-hybridized carbons (Fsp3) is 0.673. The highest BCUT2D eigenvalue weighted by Crippen LogP contribution is 2.26. The Kier molecular flexibility index (Phi) is 36.6. The number of carbonyl (C=O) groups is 2. The summed E-state index contributed by atoms with van der Waals surface area (Å²) in [6.07, 6.45) is 34.3. The van der Waals surface area contributed by atoms with Crippen LogP contribution < -0.4 is 0 Å². The predicted octanol–water partition coefficient (Wildman–Crippen LogP) is 7.37. The van der Waals surface area contributed by atoms with Gasteiger partial charge in [0.05, 0.1) is 19.8 Å². The number of aliphatic hydroxyl groups excluding tert-OH is 7. The van der Waals surface area contributed by atoms with Gasteiger partial charge in [-0.2, -0.15) is 0 Å². The third-order valence-corrected chi connectivity index (χ3v) is 11.6. The second-order valence-corrected chi connectivity index (χ2v) is 17.6. The Labute approximate surface area is 417 Å². The lowest BCUT2D eigenvalue weighted by Gasteiger charge is -2.42. The van der Waals surface area contributed by atoms with E-state index in [1.165, 1.54) is 0 Å². The molecule has 0 radical (unpaired) electrons. The summed E-state index contributed by atoms with van der Waals surface area (Å²) in [6.45, 7) is 2.28. The van der Waals surface area contributed by atoms with Gasteiger partial charge >= 0.3 is 11.9 Å². The third-order valence-electron chi connectivity index (χ3n) is 11.6. The molecule has 7 N–H and O–H groups in total. The SMILES string of the molecule is CC/C=C\C/C=C\C/C=C\C/C=C\CCCCCCCCC(=O)OC(COC(=O)CCCC/C=C\C/C=C\C/C=C\C/C=C\CC)COC1OC(COC2OC(CO)C(O)C(O)C2O)C(O)C(O)C1O. The van der Waals surface area contributed by atoms with Crippen LogP contribution in [0.2, 0.25) is 0 Å². The minimum absolute atomic E-state index is 0.133. The maximum Gasteiger partial charge on any atom is 0.306 e. The van der Waals surface area contributed by atoms with Crippen LogP contribution >= 0.6 is 0 Å². The Morgan fingerprint density at radius 2 is 0.857 bits per heavy atom. The van der Waals surface area contributed by atoms with Crippen molar-refractivity contribution in [1.82, 2.24) is 0 Å². The number of hydrogen-bond acceptors (Lipinski definition) is 15. The lowest BCUT2D eigenvalue weighted by molar-refractivity contribution is -0.332. The molecule has 0 aliphatic carbocycles. The molecule has 0 aromatic carbocycles. The van der Waals surface area contributed by atoms with Crippen molar-refractivity contribution in [2.45, 2.75) is 210 Å². The molecule has 2 saturated heterocycles. The van der Waals surface area contributed by atoms with E-state index in [2.05, 4.69) is 111 Å². The Morgan fingerprint density at radius 3 is 1.37 bits per heavy atom. The van der Waals surface area contributed by atoms with Crippen LogP contribution in [0.25, 0.3) is 0 Å². The monoisotopic (exact) mass is 989 g/mol. The Morgan fingerprint density at radius 1 is 0.457 bits per heavy atom. The van der Waals surface area contributed by atoms with Gasteiger partial charge in [0.15, 0.2) is 18.7 Å². The van der Waals surface area contributed by atoms with Crippen LogP contribution in [0, 0.1) is 0 Å². The van der Waals surface area contributed by atoms with Crippen LogP contribution in [0.3, 0.4) is 0 Å². The molecular formula is C55H88O15. The Hall–Kier alpha value is -3.58. The van der Waals surface area contributed by atoms with Gasteiger partial charge in [-0.3, -0.25) is 9.59 Å². The number of hydrogen-bond donors (Lipinski definition) is 7. The molecule has 0 aromatic heterocycles. The van der Waals surface area contributed by atoms with Gasteiger partial charge in [0.1, 0.15) is 55.4 Å². The molecule has 15 nitrogen and oxygen atoms in total. The summed E-state index contributed by atoms with van der Waals surface area (Å²) in [5.41, 5.74) is 0. The summed E-state index contributed by atoms with van der Waals surface area (Å²) in [4.78, 5) is 25.8. The van der Waals surface area contributed by atoms with E-state index < -0.39 is 99.3 Å². The molecule has 0 amide bonds. The van der Waals surface area contributed by atoms with Crippen LogP contribution in [-0.2, 0) is 38.0 Å². The van der Waals surface area contributed by atoms with Crippen molar-refractivity contribution in [3.8, 4) is 0 Å². The molecule has 70 heavy (non-hydrogen) atoms. The molecule has 15 heteroatoms. The quantitative estimate of drug-likeness (QED) is 0.0182. The van der Waals surface area contributed by atoms with Crippen LogP contribution in [0.5, 0.6) is 0 Å². The lowest BCUT2D eigenvalue weighted by Crippen LogP contribution is -2.61.